The topological polar surface area (TPSA) is 146 Å². The van der Waals surface area contributed by atoms with Gasteiger partial charge in [0.05, 0.1) is 10.7 Å². The number of benzene rings is 1. The van der Waals surface area contributed by atoms with E-state index in [9.17, 15) is 13.3 Å². The number of anilines is 1. The Hall–Kier alpha value is -2.46. The molecular weight excluding hydrogens is 499 g/mol. The Morgan fingerprint density at radius 1 is 1.17 bits per heavy atom. The van der Waals surface area contributed by atoms with E-state index in [4.69, 9.17) is 26.1 Å². The molecule has 1 aromatic carbocycles. The van der Waals surface area contributed by atoms with Gasteiger partial charge in [0.15, 0.2) is 5.69 Å². The number of halogens is 1. The fourth-order valence-corrected chi connectivity index (χ4v) is 4.28. The van der Waals surface area contributed by atoms with Crippen LogP contribution in [0.1, 0.15) is 17.4 Å². The molecule has 0 aliphatic heterocycles. The molecule has 0 saturated heterocycles. The predicted octanol–water partition coefficient (Wildman–Crippen LogP) is 2.87. The minimum absolute atomic E-state index is 0.00438. The molecule has 1 amide bonds. The summed E-state index contributed by atoms with van der Waals surface area (Å²) >= 11 is 2.48. The van der Waals surface area contributed by atoms with Gasteiger partial charge in [-0.15, -0.1) is 0 Å². The van der Waals surface area contributed by atoms with Gasteiger partial charge in [0.25, 0.3) is 0 Å². The van der Waals surface area contributed by atoms with Crippen molar-refractivity contribution in [3.05, 3.63) is 63.9 Å². The number of carboxylic acid groups (broad SMARTS) is 1. The number of hydrogen-bond acceptors (Lipinski definition) is 7. The molecule has 30 heavy (non-hydrogen) atoms. The van der Waals surface area contributed by atoms with Crippen LogP contribution in [0.5, 0.6) is 0 Å². The first-order valence-electron chi connectivity index (χ1n) is 8.10. The normalized spacial score (nSPS) is 12.3. The van der Waals surface area contributed by atoms with Crippen LogP contribution in [0.2, 0.25) is 5.02 Å². The van der Waals surface area contributed by atoms with Gasteiger partial charge in [-0.1, -0.05) is 11.6 Å². The van der Waals surface area contributed by atoms with Crippen molar-refractivity contribution in [2.24, 2.45) is 0 Å². The molecule has 12 heteroatoms. The van der Waals surface area contributed by atoms with E-state index in [-0.39, 0.29) is 21.0 Å². The van der Waals surface area contributed by atoms with E-state index in [2.05, 4.69) is 14.2 Å². The zero-order valence-electron chi connectivity index (χ0n) is 15.4. The van der Waals surface area contributed by atoms with Crippen molar-refractivity contribution in [1.82, 2.24) is 4.98 Å². The smallest absolute Gasteiger partial charge is 0.356 e. The molecule has 9 nitrogen and oxygen atoms in total. The summed E-state index contributed by atoms with van der Waals surface area (Å²) < 4.78 is 23.8. The number of amides is 1. The Balaban J connectivity index is 0.000000214. The number of rotatable bonds is 5. The van der Waals surface area contributed by atoms with Crippen molar-refractivity contribution in [3.63, 3.8) is 0 Å². The Morgan fingerprint density at radius 3 is 2.33 bits per heavy atom. The standard InChI is InChI=1S/C10H6ClNO2S.C8H10AsNO5/c11-7-1-2-8(6-3-4-15-5-6)12-9(7)10(13)14;1-6(11)10-8-4-2-7(3-5-8)9(12,13)15-14/h1-5H,(H,13,14);2-5,14H,1H3,(H,10,11)(H,12,13). The summed E-state index contributed by atoms with van der Waals surface area (Å²) in [6.07, 6.45) is 0. The largest absolute Gasteiger partial charge is 0.476 e. The quantitative estimate of drug-likeness (QED) is 0.231. The monoisotopic (exact) mass is 514 g/mol. The molecule has 0 spiro atoms. The molecule has 0 saturated carbocycles. The van der Waals surface area contributed by atoms with Gasteiger partial charge in [-0.2, -0.15) is 11.3 Å². The number of pyridine rings is 1. The Morgan fingerprint density at radius 2 is 1.83 bits per heavy atom. The fraction of sp³-hybridized carbons (Fsp3) is 0.0556. The van der Waals surface area contributed by atoms with E-state index in [0.717, 1.165) is 5.56 Å². The molecule has 0 aliphatic carbocycles. The molecule has 0 bridgehead atoms. The minimum Gasteiger partial charge on any atom is -0.476 e. The number of nitrogens with zero attached hydrogens (tertiary/aromatic N) is 1. The van der Waals surface area contributed by atoms with Crippen LogP contribution in [0, 0.1) is 0 Å². The van der Waals surface area contributed by atoms with E-state index in [1.54, 1.807) is 12.1 Å². The van der Waals surface area contributed by atoms with Gasteiger partial charge in [-0.05, 0) is 23.6 Å². The fourth-order valence-electron chi connectivity index (χ4n) is 2.15. The number of aromatic carboxylic acids is 1. The van der Waals surface area contributed by atoms with Crippen LogP contribution < -0.4 is 9.67 Å². The third-order valence-corrected chi connectivity index (χ3v) is 6.94. The number of carbonyl (C=O) groups excluding carboxylic acids is 1. The third-order valence-electron chi connectivity index (χ3n) is 3.49. The van der Waals surface area contributed by atoms with Crippen LogP contribution >= 0.6 is 22.9 Å². The number of hydrogen-bond donors (Lipinski definition) is 4. The first kappa shape index (κ1) is 23.8. The van der Waals surface area contributed by atoms with E-state index in [1.165, 1.54) is 42.5 Å². The first-order valence-corrected chi connectivity index (χ1v) is 12.7. The molecule has 1 unspecified atom stereocenters. The average Bonchev–Trinajstić information content (AvgIpc) is 3.23. The van der Waals surface area contributed by atoms with E-state index >= 15 is 0 Å². The van der Waals surface area contributed by atoms with Crippen molar-refractivity contribution in [1.29, 1.82) is 0 Å². The molecule has 2 aromatic heterocycles. The molecule has 3 aromatic rings. The minimum atomic E-state index is -4.76. The molecule has 3 rings (SSSR count). The number of thiophene rings is 1. The van der Waals surface area contributed by atoms with Crippen molar-refractivity contribution in [2.75, 3.05) is 5.32 Å². The van der Waals surface area contributed by atoms with E-state index in [1.807, 2.05) is 16.8 Å². The van der Waals surface area contributed by atoms with Crippen LogP contribution in [0.4, 0.5) is 5.69 Å². The predicted molar refractivity (Wildman–Crippen MR) is 112 cm³/mol. The zero-order chi connectivity index (χ0) is 22.3. The van der Waals surface area contributed by atoms with Crippen LogP contribution in [0.15, 0.2) is 53.2 Å². The maximum atomic E-state index is 11.2. The Bertz CT molecular complexity index is 1070. The van der Waals surface area contributed by atoms with Crippen molar-refractivity contribution in [3.8, 4) is 11.3 Å². The third kappa shape index (κ3) is 6.53. The molecule has 2 heterocycles. The van der Waals surface area contributed by atoms with Crippen molar-refractivity contribution < 1.29 is 31.7 Å². The van der Waals surface area contributed by atoms with Crippen LogP contribution in [0.3, 0.4) is 0 Å². The number of carboxylic acids is 1. The van der Waals surface area contributed by atoms with Gasteiger partial charge in [-0.3, -0.25) is 0 Å². The second-order valence-corrected chi connectivity index (χ2v) is 10.5. The number of carbonyl (C=O) groups is 2. The summed E-state index contributed by atoms with van der Waals surface area (Å²) in [5.41, 5.74) is 1.91. The summed E-state index contributed by atoms with van der Waals surface area (Å²) in [7, 11) is 0. The van der Waals surface area contributed by atoms with Gasteiger partial charge < -0.3 is 5.11 Å². The molecular formula is C18H16AsClN2O7S. The maximum Gasteiger partial charge on any atom is 0.356 e. The summed E-state index contributed by atoms with van der Waals surface area (Å²) in [5, 5.41) is 23.5. The second kappa shape index (κ2) is 10.5. The average molecular weight is 515 g/mol. The molecule has 0 fully saturated rings. The van der Waals surface area contributed by atoms with Gasteiger partial charge >= 0.3 is 94.4 Å². The van der Waals surface area contributed by atoms with Gasteiger partial charge in [-0.25, -0.2) is 9.78 Å². The molecule has 158 valence electrons. The number of nitrogens with one attached hydrogen (secondary N) is 1. The van der Waals surface area contributed by atoms with Crippen LogP contribution in [-0.4, -0.2) is 45.5 Å². The summed E-state index contributed by atoms with van der Waals surface area (Å²) in [4.78, 5) is 25.5. The first-order chi connectivity index (χ1) is 14.1. The van der Waals surface area contributed by atoms with Crippen LogP contribution in [-0.2, 0) is 12.4 Å². The molecule has 1 atom stereocenters. The SMILES string of the molecule is CC(=O)Nc1ccc([As](=O)(O)OO)cc1.O=C(O)c1nc(-c2ccsc2)ccc1Cl. The molecule has 4 N–H and O–H groups in total. The zero-order valence-corrected chi connectivity index (χ0v) is 18.8. The molecule has 0 aliphatic rings. The van der Waals surface area contributed by atoms with Gasteiger partial charge in [0, 0.05) is 10.9 Å². The summed E-state index contributed by atoms with van der Waals surface area (Å²) in [6.45, 7) is 1.35. The van der Waals surface area contributed by atoms with Crippen molar-refractivity contribution in [2.45, 2.75) is 6.92 Å². The van der Waals surface area contributed by atoms with Gasteiger partial charge in [0.2, 0.25) is 0 Å². The summed E-state index contributed by atoms with van der Waals surface area (Å²) in [5.74, 6) is -1.35. The van der Waals surface area contributed by atoms with Gasteiger partial charge in [0.1, 0.15) is 0 Å². The van der Waals surface area contributed by atoms with Crippen molar-refractivity contribution >= 4 is 59.0 Å². The Kier molecular flexibility index (Phi) is 8.36. The molecule has 0 radical (unpaired) electrons. The summed E-state index contributed by atoms with van der Waals surface area (Å²) in [6, 6.07) is 10.6. The number of aromatic nitrogens is 1. The van der Waals surface area contributed by atoms with E-state index < -0.39 is 20.1 Å². The maximum absolute atomic E-state index is 11.2. The van der Waals surface area contributed by atoms with E-state index in [0.29, 0.717) is 11.4 Å². The van der Waals surface area contributed by atoms with Crippen LogP contribution in [0.25, 0.3) is 11.3 Å². The second-order valence-electron chi connectivity index (χ2n) is 5.67. The Labute approximate surface area is 182 Å².